The summed E-state index contributed by atoms with van der Waals surface area (Å²) in [7, 11) is 0. The monoisotopic (exact) mass is 552 g/mol. The third-order valence-electron chi connectivity index (χ3n) is 8.96. The maximum Gasteiger partial charge on any atom is 0.305 e. The molecule has 0 aliphatic heterocycles. The molecule has 0 aromatic heterocycles. The van der Waals surface area contributed by atoms with Crippen LogP contribution in [0.1, 0.15) is 155 Å². The molecule has 5 nitrogen and oxygen atoms in total. The van der Waals surface area contributed by atoms with Gasteiger partial charge in [-0.1, -0.05) is 116 Å². The molecule has 0 bridgehead atoms. The Hall–Kier alpha value is -0.650. The first-order valence-corrected chi connectivity index (χ1v) is 17.2. The van der Waals surface area contributed by atoms with Crippen LogP contribution in [0.25, 0.3) is 0 Å². The molecule has 5 heteroatoms. The van der Waals surface area contributed by atoms with E-state index in [1.165, 1.54) is 128 Å². The van der Waals surface area contributed by atoms with E-state index in [9.17, 15) is 4.79 Å². The summed E-state index contributed by atoms with van der Waals surface area (Å²) in [5.41, 5.74) is 0. The molecule has 2 rings (SSSR count). The van der Waals surface area contributed by atoms with Gasteiger partial charge in [0.1, 0.15) is 6.61 Å². The summed E-state index contributed by atoms with van der Waals surface area (Å²) >= 11 is 0. The van der Waals surface area contributed by atoms with Crippen molar-refractivity contribution in [2.75, 3.05) is 39.6 Å². The molecule has 0 spiro atoms. The Balaban J connectivity index is 1.24. The number of esters is 1. The highest BCUT2D eigenvalue weighted by Gasteiger charge is 2.28. The summed E-state index contributed by atoms with van der Waals surface area (Å²) in [6.07, 6.45) is 30.5. The van der Waals surface area contributed by atoms with Gasteiger partial charge in [-0.15, -0.1) is 0 Å². The molecule has 230 valence electrons. The Morgan fingerprint density at radius 1 is 0.538 bits per heavy atom. The first kappa shape index (κ1) is 34.6. The van der Waals surface area contributed by atoms with Crippen LogP contribution in [0.4, 0.5) is 0 Å². The van der Waals surface area contributed by atoms with Crippen molar-refractivity contribution in [1.29, 1.82) is 0 Å². The molecule has 0 saturated heterocycles. The highest BCUT2D eigenvalue weighted by Crippen LogP contribution is 2.38. The third-order valence-corrected chi connectivity index (χ3v) is 8.96. The normalized spacial score (nSPS) is 20.3. The average molecular weight is 553 g/mol. The zero-order valence-electron chi connectivity index (χ0n) is 25.8. The number of hydrogen-bond acceptors (Lipinski definition) is 5. The summed E-state index contributed by atoms with van der Waals surface area (Å²) < 4.78 is 22.5. The lowest BCUT2D eigenvalue weighted by Crippen LogP contribution is -2.28. The van der Waals surface area contributed by atoms with Gasteiger partial charge in [0.2, 0.25) is 0 Å². The summed E-state index contributed by atoms with van der Waals surface area (Å²) in [4.78, 5) is 11.9. The van der Waals surface area contributed by atoms with Crippen LogP contribution in [0.3, 0.4) is 0 Å². The lowest BCUT2D eigenvalue weighted by atomic mass is 9.73. The molecule has 0 radical (unpaired) electrons. The van der Waals surface area contributed by atoms with E-state index >= 15 is 0 Å². The quantitative estimate of drug-likeness (QED) is 0.0834. The van der Waals surface area contributed by atoms with E-state index in [4.69, 9.17) is 18.9 Å². The Morgan fingerprint density at radius 2 is 1.03 bits per heavy atom. The lowest BCUT2D eigenvalue weighted by Gasteiger charge is -2.35. The van der Waals surface area contributed by atoms with Crippen molar-refractivity contribution in [1.82, 2.24) is 0 Å². The molecule has 39 heavy (non-hydrogen) atoms. The predicted molar refractivity (Wildman–Crippen MR) is 161 cm³/mol. The van der Waals surface area contributed by atoms with Gasteiger partial charge in [-0.2, -0.15) is 0 Å². The van der Waals surface area contributed by atoms with Gasteiger partial charge in [-0.05, 0) is 43.9 Å². The number of hydrogen-bond donors (Lipinski definition) is 0. The zero-order chi connectivity index (χ0) is 27.6. The van der Waals surface area contributed by atoms with Crippen molar-refractivity contribution in [3.63, 3.8) is 0 Å². The summed E-state index contributed by atoms with van der Waals surface area (Å²) in [6.45, 7) is 5.44. The molecule has 0 amide bonds. The first-order valence-electron chi connectivity index (χ1n) is 17.2. The summed E-state index contributed by atoms with van der Waals surface area (Å²) in [5.74, 6) is 1.86. The molecule has 0 unspecified atom stereocenters. The van der Waals surface area contributed by atoms with Gasteiger partial charge in [0.15, 0.2) is 0 Å². The van der Waals surface area contributed by atoms with Crippen LogP contribution in [-0.4, -0.2) is 51.7 Å². The van der Waals surface area contributed by atoms with Crippen LogP contribution >= 0.6 is 0 Å². The largest absolute Gasteiger partial charge is 0.463 e. The van der Waals surface area contributed by atoms with Gasteiger partial charge >= 0.3 is 5.97 Å². The Kier molecular flexibility index (Phi) is 22.2. The molecular weight excluding hydrogens is 488 g/mol. The second-order valence-electron chi connectivity index (χ2n) is 12.2. The molecule has 0 N–H and O–H groups in total. The van der Waals surface area contributed by atoms with E-state index in [1.807, 2.05) is 0 Å². The van der Waals surface area contributed by atoms with Crippen LogP contribution in [0.2, 0.25) is 0 Å². The van der Waals surface area contributed by atoms with Crippen LogP contribution in [0.5, 0.6) is 0 Å². The molecule has 0 heterocycles. The van der Waals surface area contributed by atoms with E-state index in [0.29, 0.717) is 52.2 Å². The van der Waals surface area contributed by atoms with E-state index in [0.717, 1.165) is 24.7 Å². The minimum atomic E-state index is -0.0946. The highest BCUT2D eigenvalue weighted by atomic mass is 16.6. The summed E-state index contributed by atoms with van der Waals surface area (Å²) in [6, 6.07) is 0. The maximum atomic E-state index is 11.9. The Bertz CT molecular complexity index is 540. The molecule has 2 aliphatic carbocycles. The number of ether oxygens (including phenoxy) is 4. The maximum absolute atomic E-state index is 11.9. The van der Waals surface area contributed by atoms with Crippen molar-refractivity contribution >= 4 is 5.97 Å². The smallest absolute Gasteiger partial charge is 0.305 e. The fourth-order valence-electron chi connectivity index (χ4n) is 6.50. The fourth-order valence-corrected chi connectivity index (χ4v) is 6.50. The van der Waals surface area contributed by atoms with Crippen molar-refractivity contribution in [2.45, 2.75) is 161 Å². The fraction of sp³-hybridized carbons (Fsp3) is 0.971. The zero-order valence-corrected chi connectivity index (χ0v) is 25.8. The minimum Gasteiger partial charge on any atom is -0.463 e. The SMILES string of the molecule is CCCCCCCCCCCCCCCC(=O)OCCOCCOCCOC1CCC(C2CCCCC2)CC1. The third kappa shape index (κ3) is 19.2. The molecule has 2 aliphatic rings. The van der Waals surface area contributed by atoms with Gasteiger partial charge < -0.3 is 18.9 Å². The van der Waals surface area contributed by atoms with Gasteiger partial charge in [0.25, 0.3) is 0 Å². The number of carbonyl (C=O) groups excluding carboxylic acids is 1. The Labute approximate surface area is 241 Å². The molecule has 2 fully saturated rings. The molecule has 0 aromatic rings. The van der Waals surface area contributed by atoms with E-state index < -0.39 is 0 Å². The second-order valence-corrected chi connectivity index (χ2v) is 12.2. The lowest BCUT2D eigenvalue weighted by molar-refractivity contribution is -0.145. The van der Waals surface area contributed by atoms with Crippen LogP contribution in [0, 0.1) is 11.8 Å². The first-order chi connectivity index (χ1) is 19.3. The molecule has 0 atom stereocenters. The number of unbranched alkanes of at least 4 members (excludes halogenated alkanes) is 12. The van der Waals surface area contributed by atoms with Crippen molar-refractivity contribution in [3.8, 4) is 0 Å². The summed E-state index contributed by atoms with van der Waals surface area (Å²) in [5, 5.41) is 0. The van der Waals surface area contributed by atoms with Crippen LogP contribution in [-0.2, 0) is 23.7 Å². The Morgan fingerprint density at radius 3 is 1.62 bits per heavy atom. The number of carbonyl (C=O) groups is 1. The standard InChI is InChI=1S/C34H64O5/c1-2-3-4-5-6-7-8-9-10-11-12-13-17-20-34(35)39-30-28-37-26-25-36-27-29-38-33-23-21-32(22-24-33)31-18-15-14-16-19-31/h31-33H,2-30H2,1H3. The predicted octanol–water partition coefficient (Wildman–Crippen LogP) is 9.20. The van der Waals surface area contributed by atoms with Gasteiger partial charge in [-0.3, -0.25) is 4.79 Å². The number of rotatable bonds is 25. The highest BCUT2D eigenvalue weighted by molar-refractivity contribution is 5.69. The van der Waals surface area contributed by atoms with Crippen LogP contribution in [0.15, 0.2) is 0 Å². The van der Waals surface area contributed by atoms with Crippen molar-refractivity contribution in [3.05, 3.63) is 0 Å². The molecule has 2 saturated carbocycles. The van der Waals surface area contributed by atoms with Gasteiger partial charge in [0.05, 0.1) is 39.1 Å². The van der Waals surface area contributed by atoms with Crippen molar-refractivity contribution in [2.24, 2.45) is 11.8 Å². The molecule has 0 aromatic carbocycles. The van der Waals surface area contributed by atoms with Gasteiger partial charge in [0, 0.05) is 6.42 Å². The van der Waals surface area contributed by atoms with Gasteiger partial charge in [-0.25, -0.2) is 0 Å². The van der Waals surface area contributed by atoms with Crippen LogP contribution < -0.4 is 0 Å². The van der Waals surface area contributed by atoms with E-state index in [1.54, 1.807) is 0 Å². The van der Waals surface area contributed by atoms with E-state index in [2.05, 4.69) is 6.92 Å². The molecular formula is C34H64O5. The minimum absolute atomic E-state index is 0.0946. The topological polar surface area (TPSA) is 54.0 Å². The van der Waals surface area contributed by atoms with Crippen molar-refractivity contribution < 1.29 is 23.7 Å². The second kappa shape index (κ2) is 25.1. The average Bonchev–Trinajstić information content (AvgIpc) is 2.97. The van der Waals surface area contributed by atoms with E-state index in [-0.39, 0.29) is 5.97 Å².